The zero-order valence-corrected chi connectivity index (χ0v) is 12.5. The van der Waals surface area contributed by atoms with Crippen LogP contribution in [0.2, 0.25) is 0 Å². The number of aromatic hydroxyl groups is 1. The Kier molecular flexibility index (Phi) is 4.28. The summed E-state index contributed by atoms with van der Waals surface area (Å²) in [5.41, 5.74) is 0.773. The first-order valence-corrected chi connectivity index (χ1v) is 7.03. The number of nitrogens with zero attached hydrogens (tertiary/aromatic N) is 2. The molecule has 0 aliphatic carbocycles. The quantitative estimate of drug-likeness (QED) is 0.673. The molecule has 2 aromatic carbocycles. The molecule has 3 heteroatoms. The third kappa shape index (κ3) is 2.93. The predicted molar refractivity (Wildman–Crippen MR) is 85.3 cm³/mol. The lowest BCUT2D eigenvalue weighted by molar-refractivity contribution is 0.185. The molecule has 1 N–H and O–H groups in total. The van der Waals surface area contributed by atoms with Gasteiger partial charge in [-0.15, -0.1) is 0 Å². The van der Waals surface area contributed by atoms with Crippen LogP contribution >= 0.6 is 0 Å². The van der Waals surface area contributed by atoms with Crippen LogP contribution in [0.5, 0.6) is 5.75 Å². The van der Waals surface area contributed by atoms with Crippen molar-refractivity contribution in [1.29, 1.82) is 0 Å². The van der Waals surface area contributed by atoms with Gasteiger partial charge in [0.2, 0.25) is 0 Å². The Morgan fingerprint density at radius 3 is 2.30 bits per heavy atom. The number of phenolic OH excluding ortho intramolecular Hbond substituents is 1. The highest BCUT2D eigenvalue weighted by Crippen LogP contribution is 2.25. The Morgan fingerprint density at radius 2 is 1.65 bits per heavy atom. The fourth-order valence-electron chi connectivity index (χ4n) is 2.41. The molecule has 0 saturated heterocycles. The molecule has 0 saturated carbocycles. The number of hydrazone groups is 1. The van der Waals surface area contributed by atoms with Gasteiger partial charge in [-0.2, -0.15) is 5.10 Å². The summed E-state index contributed by atoms with van der Waals surface area (Å²) in [6.45, 7) is 8.45. The van der Waals surface area contributed by atoms with E-state index < -0.39 is 0 Å². The smallest absolute Gasteiger partial charge is 0.125 e. The second-order valence-electron chi connectivity index (χ2n) is 5.53. The fraction of sp³-hybridized carbons (Fsp3) is 0.353. The summed E-state index contributed by atoms with van der Waals surface area (Å²) in [6.07, 6.45) is 1.76. The molecule has 20 heavy (non-hydrogen) atoms. The van der Waals surface area contributed by atoms with Crippen molar-refractivity contribution in [2.75, 3.05) is 0 Å². The van der Waals surface area contributed by atoms with Crippen molar-refractivity contribution in [2.24, 2.45) is 5.10 Å². The zero-order chi connectivity index (χ0) is 14.7. The molecule has 0 radical (unpaired) electrons. The Labute approximate surface area is 120 Å². The number of hydrogen-bond donors (Lipinski definition) is 1. The second-order valence-corrected chi connectivity index (χ2v) is 5.53. The lowest BCUT2D eigenvalue weighted by Crippen LogP contribution is -2.32. The molecule has 0 fully saturated rings. The van der Waals surface area contributed by atoms with E-state index in [4.69, 9.17) is 0 Å². The maximum absolute atomic E-state index is 10.1. The monoisotopic (exact) mass is 270 g/mol. The van der Waals surface area contributed by atoms with Crippen LogP contribution in [-0.4, -0.2) is 28.4 Å². The molecule has 0 bridgehead atoms. The SMILES string of the molecule is CC(C)N(/N=C/c1c(O)ccc2ccccc12)C(C)C. The van der Waals surface area contributed by atoms with Gasteiger partial charge in [-0.05, 0) is 44.5 Å². The first kappa shape index (κ1) is 14.4. The first-order valence-electron chi connectivity index (χ1n) is 7.03. The van der Waals surface area contributed by atoms with E-state index in [1.807, 2.05) is 35.3 Å². The summed E-state index contributed by atoms with van der Waals surface area (Å²) >= 11 is 0. The van der Waals surface area contributed by atoms with Crippen LogP contribution in [0.15, 0.2) is 41.5 Å². The molecule has 2 aromatic rings. The molecule has 0 heterocycles. The highest BCUT2D eigenvalue weighted by atomic mass is 16.3. The Morgan fingerprint density at radius 1 is 1.00 bits per heavy atom. The average Bonchev–Trinajstić information content (AvgIpc) is 2.40. The molecule has 0 amide bonds. The van der Waals surface area contributed by atoms with Gasteiger partial charge >= 0.3 is 0 Å². The van der Waals surface area contributed by atoms with E-state index in [-0.39, 0.29) is 5.75 Å². The van der Waals surface area contributed by atoms with E-state index in [0.717, 1.165) is 16.3 Å². The van der Waals surface area contributed by atoms with E-state index in [9.17, 15) is 5.11 Å². The summed E-state index contributed by atoms with van der Waals surface area (Å²) in [7, 11) is 0. The van der Waals surface area contributed by atoms with Gasteiger partial charge in [0, 0.05) is 17.6 Å². The first-order chi connectivity index (χ1) is 9.50. The summed E-state index contributed by atoms with van der Waals surface area (Å²) in [5.74, 6) is 0.264. The molecule has 0 aliphatic rings. The molecule has 0 aromatic heterocycles. The maximum atomic E-state index is 10.1. The van der Waals surface area contributed by atoms with Gasteiger partial charge in [0.15, 0.2) is 0 Å². The molecule has 2 rings (SSSR count). The van der Waals surface area contributed by atoms with Crippen molar-refractivity contribution in [3.8, 4) is 5.75 Å². The minimum absolute atomic E-state index is 0.264. The molecule has 0 atom stereocenters. The fourth-order valence-corrected chi connectivity index (χ4v) is 2.41. The highest BCUT2D eigenvalue weighted by Gasteiger charge is 2.10. The van der Waals surface area contributed by atoms with Gasteiger partial charge in [0.25, 0.3) is 0 Å². The Balaban J connectivity index is 2.45. The Hall–Kier alpha value is -2.03. The number of benzene rings is 2. The van der Waals surface area contributed by atoms with Crippen molar-refractivity contribution in [3.05, 3.63) is 42.0 Å². The maximum Gasteiger partial charge on any atom is 0.125 e. The van der Waals surface area contributed by atoms with Crippen LogP contribution < -0.4 is 0 Å². The van der Waals surface area contributed by atoms with E-state index in [0.29, 0.717) is 12.1 Å². The lowest BCUT2D eigenvalue weighted by Gasteiger charge is -2.27. The molecule has 3 nitrogen and oxygen atoms in total. The van der Waals surface area contributed by atoms with Crippen LogP contribution in [0.3, 0.4) is 0 Å². The van der Waals surface area contributed by atoms with E-state index in [1.54, 1.807) is 12.3 Å². The third-order valence-electron chi connectivity index (χ3n) is 3.33. The molecule has 0 aliphatic heterocycles. The molecule has 106 valence electrons. The van der Waals surface area contributed by atoms with Crippen LogP contribution in [-0.2, 0) is 0 Å². The predicted octanol–water partition coefficient (Wildman–Crippen LogP) is 4.00. The van der Waals surface area contributed by atoms with E-state index in [1.165, 1.54) is 0 Å². The van der Waals surface area contributed by atoms with Gasteiger partial charge in [-0.3, -0.25) is 5.01 Å². The van der Waals surface area contributed by atoms with Crippen molar-refractivity contribution >= 4 is 17.0 Å². The summed E-state index contributed by atoms with van der Waals surface area (Å²) < 4.78 is 0. The molecular weight excluding hydrogens is 248 g/mol. The van der Waals surface area contributed by atoms with Crippen LogP contribution in [0.25, 0.3) is 10.8 Å². The highest BCUT2D eigenvalue weighted by molar-refractivity contribution is 6.02. The van der Waals surface area contributed by atoms with Gasteiger partial charge in [-0.25, -0.2) is 0 Å². The minimum atomic E-state index is 0.264. The number of hydrogen-bond acceptors (Lipinski definition) is 3. The van der Waals surface area contributed by atoms with Gasteiger partial charge in [0.1, 0.15) is 5.75 Å². The standard InChI is InChI=1S/C17H22N2O/c1-12(2)19(13(3)4)18-11-16-15-8-6-5-7-14(15)9-10-17(16)20/h5-13,20H,1-4H3/b18-11+. The lowest BCUT2D eigenvalue weighted by atomic mass is 10.0. The number of phenols is 1. The Bertz CT molecular complexity index is 609. The van der Waals surface area contributed by atoms with Crippen molar-refractivity contribution in [3.63, 3.8) is 0 Å². The zero-order valence-electron chi connectivity index (χ0n) is 12.5. The second kappa shape index (κ2) is 5.95. The van der Waals surface area contributed by atoms with Crippen molar-refractivity contribution in [1.82, 2.24) is 5.01 Å². The average molecular weight is 270 g/mol. The molecule has 0 unspecified atom stereocenters. The topological polar surface area (TPSA) is 35.8 Å². The summed E-state index contributed by atoms with van der Waals surface area (Å²) in [4.78, 5) is 0. The minimum Gasteiger partial charge on any atom is -0.507 e. The van der Waals surface area contributed by atoms with Crippen molar-refractivity contribution < 1.29 is 5.11 Å². The van der Waals surface area contributed by atoms with Crippen molar-refractivity contribution in [2.45, 2.75) is 39.8 Å². The molecular formula is C17H22N2O. The third-order valence-corrected chi connectivity index (χ3v) is 3.33. The van der Waals surface area contributed by atoms with E-state index >= 15 is 0 Å². The number of rotatable bonds is 4. The summed E-state index contributed by atoms with van der Waals surface area (Å²) in [6, 6.07) is 12.3. The normalized spacial score (nSPS) is 11.9. The van der Waals surface area contributed by atoms with Gasteiger partial charge < -0.3 is 5.11 Å². The molecule has 0 spiro atoms. The van der Waals surface area contributed by atoms with Gasteiger partial charge in [-0.1, -0.05) is 30.3 Å². The number of fused-ring (bicyclic) bond motifs is 1. The van der Waals surface area contributed by atoms with Crippen LogP contribution in [0.4, 0.5) is 0 Å². The van der Waals surface area contributed by atoms with Crippen LogP contribution in [0, 0.1) is 0 Å². The largest absolute Gasteiger partial charge is 0.507 e. The van der Waals surface area contributed by atoms with Crippen LogP contribution in [0.1, 0.15) is 33.3 Å². The van der Waals surface area contributed by atoms with E-state index in [2.05, 4.69) is 32.8 Å². The summed E-state index contributed by atoms with van der Waals surface area (Å²) in [5, 5.41) is 18.8. The van der Waals surface area contributed by atoms with Gasteiger partial charge in [0.05, 0.1) is 6.21 Å².